The molecule has 2 nitrogen and oxygen atoms in total. The number of rotatable bonds is 0. The topological polar surface area (TPSA) is 29.5 Å². The van der Waals surface area contributed by atoms with Crippen molar-refractivity contribution in [2.24, 2.45) is 0 Å². The molecule has 0 amide bonds. The lowest BCUT2D eigenvalue weighted by Crippen LogP contribution is -2.30. The van der Waals surface area contributed by atoms with Gasteiger partial charge in [-0.15, -0.1) is 11.8 Å². The fourth-order valence-corrected chi connectivity index (χ4v) is 4.32. The lowest BCUT2D eigenvalue weighted by Gasteiger charge is -2.37. The number of ether oxygens (including phenoxy) is 1. The summed E-state index contributed by atoms with van der Waals surface area (Å²) in [6.45, 7) is 4.94. The molecule has 0 fully saturated rings. The molecule has 0 saturated heterocycles. The van der Waals surface area contributed by atoms with Crippen LogP contribution in [-0.4, -0.2) is 16.5 Å². The molecule has 1 aromatic rings. The van der Waals surface area contributed by atoms with E-state index in [-0.39, 0.29) is 4.75 Å². The van der Waals surface area contributed by atoms with Gasteiger partial charge in [0.2, 0.25) is 0 Å². The minimum absolute atomic E-state index is 0.137. The van der Waals surface area contributed by atoms with Gasteiger partial charge in [0, 0.05) is 32.5 Å². The molecule has 2 heterocycles. The quantitative estimate of drug-likeness (QED) is 0.795. The Kier molecular flexibility index (Phi) is 2.73. The van der Waals surface area contributed by atoms with Crippen LogP contribution in [0.4, 0.5) is 0 Å². The van der Waals surface area contributed by atoms with E-state index in [9.17, 15) is 5.11 Å². The van der Waals surface area contributed by atoms with Crippen LogP contribution in [0.2, 0.25) is 0 Å². The molecule has 92 valence electrons. The van der Waals surface area contributed by atoms with Gasteiger partial charge in [-0.25, -0.2) is 0 Å². The highest BCUT2D eigenvalue weighted by Gasteiger charge is 2.39. The Bertz CT molecular complexity index is 485. The number of aliphatic hydroxyl groups is 1. The van der Waals surface area contributed by atoms with Crippen LogP contribution in [0.25, 0.3) is 0 Å². The molecule has 0 aliphatic carbocycles. The van der Waals surface area contributed by atoms with E-state index in [0.29, 0.717) is 0 Å². The molecule has 4 heteroatoms. The summed E-state index contributed by atoms with van der Waals surface area (Å²) >= 11 is 5.40. The van der Waals surface area contributed by atoms with Crippen molar-refractivity contribution in [1.82, 2.24) is 0 Å². The van der Waals surface area contributed by atoms with E-state index in [0.717, 1.165) is 34.6 Å². The SMILES string of the molecule is CC1(C)SCc2c3c(cc(Br)c2C1O)CCO3. The van der Waals surface area contributed by atoms with Crippen molar-refractivity contribution in [2.45, 2.75) is 36.9 Å². The summed E-state index contributed by atoms with van der Waals surface area (Å²) in [6, 6.07) is 2.11. The molecule has 1 aromatic carbocycles. The molecule has 0 spiro atoms. The van der Waals surface area contributed by atoms with E-state index >= 15 is 0 Å². The Labute approximate surface area is 114 Å². The van der Waals surface area contributed by atoms with Gasteiger partial charge in [-0.2, -0.15) is 0 Å². The summed E-state index contributed by atoms with van der Waals surface area (Å²) in [6.07, 6.45) is 0.533. The summed E-state index contributed by atoms with van der Waals surface area (Å²) in [5, 5.41) is 10.5. The zero-order valence-corrected chi connectivity index (χ0v) is 12.3. The van der Waals surface area contributed by atoms with Crippen molar-refractivity contribution in [3.05, 3.63) is 27.2 Å². The van der Waals surface area contributed by atoms with E-state index in [2.05, 4.69) is 35.8 Å². The highest BCUT2D eigenvalue weighted by molar-refractivity contribution is 9.10. The molecule has 1 N–H and O–H groups in total. The number of hydrogen-bond acceptors (Lipinski definition) is 3. The summed E-state index contributed by atoms with van der Waals surface area (Å²) in [4.78, 5) is 0. The average Bonchev–Trinajstić information content (AvgIpc) is 2.70. The highest BCUT2D eigenvalue weighted by atomic mass is 79.9. The Morgan fingerprint density at radius 1 is 1.53 bits per heavy atom. The second-order valence-corrected chi connectivity index (χ2v) is 7.62. The van der Waals surface area contributed by atoms with Crippen molar-refractivity contribution in [1.29, 1.82) is 0 Å². The number of hydrogen-bond donors (Lipinski definition) is 1. The van der Waals surface area contributed by atoms with E-state index in [1.54, 1.807) is 11.8 Å². The van der Waals surface area contributed by atoms with E-state index < -0.39 is 6.10 Å². The Morgan fingerprint density at radius 2 is 2.29 bits per heavy atom. The first-order valence-electron chi connectivity index (χ1n) is 5.79. The average molecular weight is 315 g/mol. The fourth-order valence-electron chi connectivity index (χ4n) is 2.51. The van der Waals surface area contributed by atoms with Crippen LogP contribution >= 0.6 is 27.7 Å². The normalized spacial score (nSPS) is 25.1. The van der Waals surface area contributed by atoms with Crippen molar-refractivity contribution < 1.29 is 9.84 Å². The van der Waals surface area contributed by atoms with Gasteiger partial charge in [0.15, 0.2) is 0 Å². The number of fused-ring (bicyclic) bond motifs is 3. The Hall–Kier alpha value is -0.190. The van der Waals surface area contributed by atoms with Crippen molar-refractivity contribution >= 4 is 27.7 Å². The Morgan fingerprint density at radius 3 is 3.06 bits per heavy atom. The molecule has 0 saturated carbocycles. The van der Waals surface area contributed by atoms with Gasteiger partial charge in [-0.1, -0.05) is 15.9 Å². The van der Waals surface area contributed by atoms with Gasteiger partial charge < -0.3 is 9.84 Å². The van der Waals surface area contributed by atoms with Crippen molar-refractivity contribution in [3.8, 4) is 5.75 Å². The van der Waals surface area contributed by atoms with Gasteiger partial charge >= 0.3 is 0 Å². The first kappa shape index (κ1) is 11.9. The van der Waals surface area contributed by atoms with Crippen molar-refractivity contribution in [2.75, 3.05) is 6.61 Å². The highest BCUT2D eigenvalue weighted by Crippen LogP contribution is 2.52. The van der Waals surface area contributed by atoms with Gasteiger partial charge in [0.05, 0.1) is 12.7 Å². The van der Waals surface area contributed by atoms with Crippen molar-refractivity contribution in [3.63, 3.8) is 0 Å². The lowest BCUT2D eigenvalue weighted by atomic mass is 9.91. The summed E-state index contributed by atoms with van der Waals surface area (Å²) < 4.78 is 6.61. The minimum Gasteiger partial charge on any atom is -0.493 e. The van der Waals surface area contributed by atoms with Crippen LogP contribution in [0.15, 0.2) is 10.5 Å². The summed E-state index contributed by atoms with van der Waals surface area (Å²) in [5.74, 6) is 1.94. The van der Waals surface area contributed by atoms with Crippen LogP contribution in [0.5, 0.6) is 5.75 Å². The molecule has 1 unspecified atom stereocenters. The van der Waals surface area contributed by atoms with E-state index in [1.807, 2.05) is 0 Å². The van der Waals surface area contributed by atoms with Crippen LogP contribution < -0.4 is 4.74 Å². The molecule has 2 aliphatic rings. The van der Waals surface area contributed by atoms with Gasteiger partial charge in [-0.05, 0) is 25.5 Å². The van der Waals surface area contributed by atoms with Gasteiger partial charge in [0.1, 0.15) is 5.75 Å². The molecular weight excluding hydrogens is 300 g/mol. The molecular formula is C13H15BrO2S. The van der Waals surface area contributed by atoms with Crippen LogP contribution in [-0.2, 0) is 12.2 Å². The van der Waals surface area contributed by atoms with Gasteiger partial charge in [-0.3, -0.25) is 0 Å². The minimum atomic E-state index is -0.444. The predicted molar refractivity (Wildman–Crippen MR) is 73.7 cm³/mol. The molecule has 17 heavy (non-hydrogen) atoms. The molecule has 2 aliphatic heterocycles. The smallest absolute Gasteiger partial charge is 0.127 e. The summed E-state index contributed by atoms with van der Waals surface area (Å²) in [7, 11) is 0. The number of thioether (sulfide) groups is 1. The predicted octanol–water partition coefficient (Wildman–Crippen LogP) is 3.44. The third-order valence-corrected chi connectivity index (χ3v) is 5.64. The standard InChI is InChI=1S/C13H15BrO2S/c1-13(2)12(15)10-8(6-17-13)11-7(3-4-16-11)5-9(10)14/h5,12,15H,3-4,6H2,1-2H3. The number of halogens is 1. The first-order chi connectivity index (χ1) is 8.00. The van der Waals surface area contributed by atoms with Crippen LogP contribution in [0.1, 0.15) is 36.6 Å². The second kappa shape index (κ2) is 3.90. The molecule has 1 atom stereocenters. The maximum atomic E-state index is 10.5. The van der Waals surface area contributed by atoms with E-state index in [1.165, 1.54) is 11.1 Å². The Balaban J connectivity index is 2.21. The molecule has 0 aromatic heterocycles. The van der Waals surface area contributed by atoms with Gasteiger partial charge in [0.25, 0.3) is 0 Å². The monoisotopic (exact) mass is 314 g/mol. The lowest BCUT2D eigenvalue weighted by molar-refractivity contribution is 0.140. The maximum Gasteiger partial charge on any atom is 0.127 e. The van der Waals surface area contributed by atoms with Crippen LogP contribution in [0, 0.1) is 0 Å². The summed E-state index contributed by atoms with van der Waals surface area (Å²) in [5.41, 5.74) is 3.47. The third kappa shape index (κ3) is 1.72. The fraction of sp³-hybridized carbons (Fsp3) is 0.538. The van der Waals surface area contributed by atoms with E-state index in [4.69, 9.17) is 4.74 Å². The number of benzene rings is 1. The zero-order valence-electron chi connectivity index (χ0n) is 9.92. The molecule has 0 bridgehead atoms. The zero-order chi connectivity index (χ0) is 12.2. The largest absolute Gasteiger partial charge is 0.493 e. The number of aliphatic hydroxyl groups excluding tert-OH is 1. The third-order valence-electron chi connectivity index (χ3n) is 3.59. The van der Waals surface area contributed by atoms with Crippen LogP contribution in [0.3, 0.4) is 0 Å². The maximum absolute atomic E-state index is 10.5. The molecule has 0 radical (unpaired) electrons. The first-order valence-corrected chi connectivity index (χ1v) is 7.57. The molecule has 3 rings (SSSR count). The second-order valence-electron chi connectivity index (χ2n) is 5.13.